The van der Waals surface area contributed by atoms with E-state index in [4.69, 9.17) is 4.74 Å². The summed E-state index contributed by atoms with van der Waals surface area (Å²) in [7, 11) is 0. The fraction of sp³-hybridized carbons (Fsp3) is 0.750. The average molecular weight is 311 g/mol. The van der Waals surface area contributed by atoms with Gasteiger partial charge in [-0.2, -0.15) is 5.10 Å². The van der Waals surface area contributed by atoms with Gasteiger partial charge in [0.1, 0.15) is 0 Å². The van der Waals surface area contributed by atoms with E-state index in [1.807, 2.05) is 10.9 Å². The van der Waals surface area contributed by atoms with Crippen LogP contribution in [0.4, 0.5) is 0 Å². The molecule has 0 bridgehead atoms. The molecular formula is C12H24Cl2N4O. The zero-order valence-corrected chi connectivity index (χ0v) is 13.0. The van der Waals surface area contributed by atoms with Crippen LogP contribution in [-0.2, 0) is 17.8 Å². The van der Waals surface area contributed by atoms with Gasteiger partial charge in [0.15, 0.2) is 0 Å². The molecule has 0 unspecified atom stereocenters. The van der Waals surface area contributed by atoms with Gasteiger partial charge in [-0.15, -0.1) is 24.8 Å². The molecule has 1 saturated heterocycles. The zero-order valence-electron chi connectivity index (χ0n) is 11.4. The van der Waals surface area contributed by atoms with E-state index in [2.05, 4.69) is 28.4 Å². The lowest BCUT2D eigenvalue weighted by Crippen LogP contribution is -2.40. The first-order chi connectivity index (χ1) is 8.38. The number of rotatable bonds is 6. The Labute approximate surface area is 127 Å². The van der Waals surface area contributed by atoms with Gasteiger partial charge in [0.25, 0.3) is 0 Å². The molecule has 0 aromatic carbocycles. The average Bonchev–Trinajstić information content (AvgIpc) is 2.84. The molecule has 0 atom stereocenters. The molecule has 2 heterocycles. The predicted octanol–water partition coefficient (Wildman–Crippen LogP) is 1.17. The molecule has 0 spiro atoms. The molecule has 1 aromatic rings. The van der Waals surface area contributed by atoms with Crippen molar-refractivity contribution in [3.05, 3.63) is 18.0 Å². The van der Waals surface area contributed by atoms with Gasteiger partial charge in [0.05, 0.1) is 19.4 Å². The minimum Gasteiger partial charge on any atom is -0.379 e. The lowest BCUT2D eigenvalue weighted by atomic mass is 10.3. The molecule has 19 heavy (non-hydrogen) atoms. The first-order valence-electron chi connectivity index (χ1n) is 6.40. The SMILES string of the molecule is CCn1cc(CNCCN2CCOCC2)cn1.Cl.Cl. The van der Waals surface area contributed by atoms with E-state index in [0.717, 1.165) is 52.5 Å². The number of aromatic nitrogens is 2. The highest BCUT2D eigenvalue weighted by Gasteiger charge is 2.08. The van der Waals surface area contributed by atoms with Crippen LogP contribution in [0.1, 0.15) is 12.5 Å². The Morgan fingerprint density at radius 2 is 2.05 bits per heavy atom. The molecule has 0 aliphatic carbocycles. The highest BCUT2D eigenvalue weighted by Crippen LogP contribution is 1.98. The van der Waals surface area contributed by atoms with E-state index < -0.39 is 0 Å². The van der Waals surface area contributed by atoms with Crippen LogP contribution >= 0.6 is 24.8 Å². The minimum atomic E-state index is 0. The van der Waals surface area contributed by atoms with E-state index >= 15 is 0 Å². The lowest BCUT2D eigenvalue weighted by molar-refractivity contribution is 0.0384. The summed E-state index contributed by atoms with van der Waals surface area (Å²) in [6.07, 6.45) is 4.03. The lowest BCUT2D eigenvalue weighted by Gasteiger charge is -2.26. The molecule has 1 aliphatic heterocycles. The molecule has 7 heteroatoms. The summed E-state index contributed by atoms with van der Waals surface area (Å²) in [4.78, 5) is 2.44. The third kappa shape index (κ3) is 6.58. The fourth-order valence-electron chi connectivity index (χ4n) is 1.97. The number of aryl methyl sites for hydroxylation is 1. The number of morpholine rings is 1. The van der Waals surface area contributed by atoms with Crippen molar-refractivity contribution in [2.75, 3.05) is 39.4 Å². The van der Waals surface area contributed by atoms with Gasteiger partial charge >= 0.3 is 0 Å². The first kappa shape index (κ1) is 18.7. The number of halogens is 2. The van der Waals surface area contributed by atoms with Gasteiger partial charge < -0.3 is 10.1 Å². The van der Waals surface area contributed by atoms with Crippen molar-refractivity contribution in [3.8, 4) is 0 Å². The molecule has 1 aliphatic rings. The maximum absolute atomic E-state index is 5.32. The number of hydrogen-bond acceptors (Lipinski definition) is 4. The molecule has 0 radical (unpaired) electrons. The van der Waals surface area contributed by atoms with Gasteiger partial charge in [-0.1, -0.05) is 0 Å². The molecule has 1 aromatic heterocycles. The number of nitrogens with zero attached hydrogens (tertiary/aromatic N) is 3. The Bertz CT molecular complexity index is 329. The van der Waals surface area contributed by atoms with Crippen LogP contribution in [0.5, 0.6) is 0 Å². The molecule has 1 N–H and O–H groups in total. The third-order valence-corrected chi connectivity index (χ3v) is 3.05. The third-order valence-electron chi connectivity index (χ3n) is 3.05. The first-order valence-corrected chi connectivity index (χ1v) is 6.40. The molecule has 0 amide bonds. The van der Waals surface area contributed by atoms with Crippen molar-refractivity contribution in [2.24, 2.45) is 0 Å². The molecular weight excluding hydrogens is 287 g/mol. The number of ether oxygens (including phenoxy) is 1. The van der Waals surface area contributed by atoms with Gasteiger partial charge in [-0.25, -0.2) is 0 Å². The maximum atomic E-state index is 5.32. The number of nitrogens with one attached hydrogen (secondary N) is 1. The molecule has 1 fully saturated rings. The topological polar surface area (TPSA) is 42.3 Å². The summed E-state index contributed by atoms with van der Waals surface area (Å²) in [6, 6.07) is 0. The van der Waals surface area contributed by atoms with Gasteiger partial charge in [0, 0.05) is 51.0 Å². The molecule has 0 saturated carbocycles. The summed E-state index contributed by atoms with van der Waals surface area (Å²) < 4.78 is 7.27. The summed E-state index contributed by atoms with van der Waals surface area (Å²) in [5.74, 6) is 0. The summed E-state index contributed by atoms with van der Waals surface area (Å²) >= 11 is 0. The smallest absolute Gasteiger partial charge is 0.0594 e. The molecule has 2 rings (SSSR count). The van der Waals surface area contributed by atoms with Crippen LogP contribution in [0.25, 0.3) is 0 Å². The Kier molecular flexibility index (Phi) is 10.3. The Hall–Kier alpha value is -0.330. The van der Waals surface area contributed by atoms with Crippen LogP contribution in [0.2, 0.25) is 0 Å². The zero-order chi connectivity index (χ0) is 11.9. The standard InChI is InChI=1S/C12H22N4O.2ClH/c1-2-16-11-12(10-14-16)9-13-3-4-15-5-7-17-8-6-15;;/h10-11,13H,2-9H2,1H3;2*1H. The van der Waals surface area contributed by atoms with Gasteiger partial charge in [0.2, 0.25) is 0 Å². The van der Waals surface area contributed by atoms with Crippen molar-refractivity contribution in [1.29, 1.82) is 0 Å². The summed E-state index contributed by atoms with van der Waals surface area (Å²) in [5.41, 5.74) is 1.26. The monoisotopic (exact) mass is 310 g/mol. The van der Waals surface area contributed by atoms with Gasteiger partial charge in [-0.05, 0) is 6.92 Å². The second kappa shape index (κ2) is 10.5. The quantitative estimate of drug-likeness (QED) is 0.801. The van der Waals surface area contributed by atoms with Crippen molar-refractivity contribution < 1.29 is 4.74 Å². The van der Waals surface area contributed by atoms with E-state index in [1.54, 1.807) is 0 Å². The summed E-state index contributed by atoms with van der Waals surface area (Å²) in [5, 5.41) is 7.70. The van der Waals surface area contributed by atoms with Crippen LogP contribution in [-0.4, -0.2) is 54.1 Å². The Morgan fingerprint density at radius 3 is 2.68 bits per heavy atom. The molecule has 5 nitrogen and oxygen atoms in total. The van der Waals surface area contributed by atoms with Crippen LogP contribution < -0.4 is 5.32 Å². The van der Waals surface area contributed by atoms with Crippen molar-refractivity contribution in [1.82, 2.24) is 20.0 Å². The summed E-state index contributed by atoms with van der Waals surface area (Å²) in [6.45, 7) is 9.96. The van der Waals surface area contributed by atoms with E-state index in [1.165, 1.54) is 5.56 Å². The number of hydrogen-bond donors (Lipinski definition) is 1. The Morgan fingerprint density at radius 1 is 1.32 bits per heavy atom. The largest absolute Gasteiger partial charge is 0.379 e. The van der Waals surface area contributed by atoms with E-state index in [9.17, 15) is 0 Å². The molecule has 112 valence electrons. The predicted molar refractivity (Wildman–Crippen MR) is 81.4 cm³/mol. The second-order valence-electron chi connectivity index (χ2n) is 4.34. The Balaban J connectivity index is 0.00000162. The van der Waals surface area contributed by atoms with Crippen molar-refractivity contribution in [3.63, 3.8) is 0 Å². The fourth-order valence-corrected chi connectivity index (χ4v) is 1.97. The van der Waals surface area contributed by atoms with Crippen LogP contribution in [0.3, 0.4) is 0 Å². The minimum absolute atomic E-state index is 0. The highest BCUT2D eigenvalue weighted by molar-refractivity contribution is 5.85. The van der Waals surface area contributed by atoms with Crippen LogP contribution in [0.15, 0.2) is 12.4 Å². The van der Waals surface area contributed by atoms with E-state index in [0.29, 0.717) is 0 Å². The second-order valence-corrected chi connectivity index (χ2v) is 4.34. The van der Waals surface area contributed by atoms with Crippen molar-refractivity contribution >= 4 is 24.8 Å². The normalized spacial score (nSPS) is 15.6. The highest BCUT2D eigenvalue weighted by atomic mass is 35.5. The van der Waals surface area contributed by atoms with E-state index in [-0.39, 0.29) is 24.8 Å². The maximum Gasteiger partial charge on any atom is 0.0594 e. The van der Waals surface area contributed by atoms with Crippen molar-refractivity contribution in [2.45, 2.75) is 20.0 Å². The van der Waals surface area contributed by atoms with Crippen LogP contribution in [0, 0.1) is 0 Å². The van der Waals surface area contributed by atoms with Gasteiger partial charge in [-0.3, -0.25) is 9.58 Å².